The van der Waals surface area contributed by atoms with E-state index in [1.165, 1.54) is 18.2 Å². The number of nitriles is 1. The summed E-state index contributed by atoms with van der Waals surface area (Å²) in [5, 5.41) is 19.9. The lowest BCUT2D eigenvalue weighted by Crippen LogP contribution is -2.26. The highest BCUT2D eigenvalue weighted by Gasteiger charge is 2.12. The van der Waals surface area contributed by atoms with E-state index in [1.54, 1.807) is 6.92 Å². The van der Waals surface area contributed by atoms with E-state index in [0.29, 0.717) is 11.1 Å². The third-order valence-corrected chi connectivity index (χ3v) is 2.10. The summed E-state index contributed by atoms with van der Waals surface area (Å²) in [5.74, 6) is -1.39. The molecule has 1 atom stereocenters. The molecule has 0 spiro atoms. The van der Waals surface area contributed by atoms with Gasteiger partial charge in [0.05, 0.1) is 12.6 Å². The highest BCUT2D eigenvalue weighted by molar-refractivity contribution is 5.69. The van der Waals surface area contributed by atoms with Crippen molar-refractivity contribution in [2.75, 3.05) is 6.54 Å². The van der Waals surface area contributed by atoms with Crippen molar-refractivity contribution in [3.63, 3.8) is 0 Å². The monoisotopic (exact) mass is 222 g/mol. The number of aliphatic carboxylic acids is 1. The van der Waals surface area contributed by atoms with E-state index in [-0.39, 0.29) is 12.4 Å². The molecule has 84 valence electrons. The number of hydrogen-bond acceptors (Lipinski definition) is 3. The maximum Gasteiger partial charge on any atom is 0.317 e. The van der Waals surface area contributed by atoms with Gasteiger partial charge >= 0.3 is 5.97 Å². The molecule has 0 aliphatic rings. The van der Waals surface area contributed by atoms with Crippen molar-refractivity contribution in [3.8, 4) is 6.07 Å². The normalized spacial score (nSPS) is 11.8. The number of nitrogens with one attached hydrogen (secondary N) is 1. The number of hydrogen-bond donors (Lipinski definition) is 2. The first-order chi connectivity index (χ1) is 7.54. The Morgan fingerprint density at radius 1 is 1.69 bits per heavy atom. The lowest BCUT2D eigenvalue weighted by atomic mass is 10.1. The number of rotatable bonds is 4. The summed E-state index contributed by atoms with van der Waals surface area (Å²) < 4.78 is 13.0. The second-order valence-corrected chi connectivity index (χ2v) is 3.35. The van der Waals surface area contributed by atoms with Crippen molar-refractivity contribution in [1.29, 1.82) is 5.26 Å². The van der Waals surface area contributed by atoms with E-state index >= 15 is 0 Å². The first kappa shape index (κ1) is 12.1. The Morgan fingerprint density at radius 2 is 2.38 bits per heavy atom. The quantitative estimate of drug-likeness (QED) is 0.807. The maximum atomic E-state index is 13.0. The van der Waals surface area contributed by atoms with Crippen LogP contribution < -0.4 is 5.32 Å². The zero-order chi connectivity index (χ0) is 12.1. The fraction of sp³-hybridized carbons (Fsp3) is 0.273. The standard InChI is InChI=1S/C11H11FN2O2/c1-7-4-8(2-3-9(7)12)10(5-13)14-6-11(15)16/h2-4,10,14H,6H2,1H3,(H,15,16). The van der Waals surface area contributed by atoms with Gasteiger partial charge in [-0.2, -0.15) is 5.26 Å². The molecule has 0 saturated heterocycles. The predicted octanol–water partition coefficient (Wildman–Crippen LogP) is 1.37. The van der Waals surface area contributed by atoms with E-state index in [0.717, 1.165) is 0 Å². The van der Waals surface area contributed by atoms with Gasteiger partial charge in [0.1, 0.15) is 11.9 Å². The molecule has 0 aromatic heterocycles. The SMILES string of the molecule is Cc1cc(C(C#N)NCC(=O)O)ccc1F. The Balaban J connectivity index is 2.84. The van der Waals surface area contributed by atoms with Crippen LogP contribution in [-0.2, 0) is 4.79 Å². The van der Waals surface area contributed by atoms with Gasteiger partial charge in [0.25, 0.3) is 0 Å². The smallest absolute Gasteiger partial charge is 0.317 e. The molecule has 1 unspecified atom stereocenters. The molecule has 1 aromatic carbocycles. The Hall–Kier alpha value is -1.93. The van der Waals surface area contributed by atoms with Gasteiger partial charge in [0.2, 0.25) is 0 Å². The van der Waals surface area contributed by atoms with Gasteiger partial charge in [0, 0.05) is 0 Å². The molecule has 5 heteroatoms. The van der Waals surface area contributed by atoms with E-state index in [4.69, 9.17) is 10.4 Å². The van der Waals surface area contributed by atoms with Crippen molar-refractivity contribution < 1.29 is 14.3 Å². The number of carboxylic acids is 1. The molecule has 0 heterocycles. The van der Waals surface area contributed by atoms with E-state index < -0.39 is 12.0 Å². The molecular formula is C11H11FN2O2. The lowest BCUT2D eigenvalue weighted by Gasteiger charge is -2.10. The molecule has 0 amide bonds. The van der Waals surface area contributed by atoms with Crippen LogP contribution in [0.3, 0.4) is 0 Å². The zero-order valence-electron chi connectivity index (χ0n) is 8.70. The Bertz CT molecular complexity index is 440. The van der Waals surface area contributed by atoms with Crippen LogP contribution in [0.1, 0.15) is 17.2 Å². The predicted molar refractivity (Wildman–Crippen MR) is 55.1 cm³/mol. The van der Waals surface area contributed by atoms with Gasteiger partial charge < -0.3 is 5.11 Å². The molecule has 16 heavy (non-hydrogen) atoms. The van der Waals surface area contributed by atoms with Crippen LogP contribution >= 0.6 is 0 Å². The number of aryl methyl sites for hydroxylation is 1. The molecule has 4 nitrogen and oxygen atoms in total. The molecular weight excluding hydrogens is 211 g/mol. The topological polar surface area (TPSA) is 73.1 Å². The van der Waals surface area contributed by atoms with Crippen LogP contribution in [0.5, 0.6) is 0 Å². The maximum absolute atomic E-state index is 13.0. The second-order valence-electron chi connectivity index (χ2n) is 3.35. The Labute approximate surface area is 92.3 Å². The number of carbonyl (C=O) groups is 1. The van der Waals surface area contributed by atoms with Gasteiger partial charge in [-0.05, 0) is 24.1 Å². The van der Waals surface area contributed by atoms with E-state index in [1.807, 2.05) is 6.07 Å². The van der Waals surface area contributed by atoms with Gasteiger partial charge in [-0.1, -0.05) is 12.1 Å². The molecule has 0 radical (unpaired) electrons. The van der Waals surface area contributed by atoms with Gasteiger partial charge in [-0.15, -0.1) is 0 Å². The van der Waals surface area contributed by atoms with Crippen molar-refractivity contribution in [2.24, 2.45) is 0 Å². The summed E-state index contributed by atoms with van der Waals surface area (Å²) >= 11 is 0. The minimum atomic E-state index is -1.04. The Morgan fingerprint density at radius 3 is 2.88 bits per heavy atom. The molecule has 2 N–H and O–H groups in total. The highest BCUT2D eigenvalue weighted by atomic mass is 19.1. The first-order valence-corrected chi connectivity index (χ1v) is 4.65. The van der Waals surface area contributed by atoms with Crippen molar-refractivity contribution in [2.45, 2.75) is 13.0 Å². The second kappa shape index (κ2) is 5.24. The summed E-state index contributed by atoms with van der Waals surface area (Å²) in [4.78, 5) is 10.3. The highest BCUT2D eigenvalue weighted by Crippen LogP contribution is 2.15. The fourth-order valence-corrected chi connectivity index (χ4v) is 1.27. The lowest BCUT2D eigenvalue weighted by molar-refractivity contribution is -0.136. The molecule has 0 aliphatic heterocycles. The van der Waals surface area contributed by atoms with Crippen molar-refractivity contribution >= 4 is 5.97 Å². The number of carboxylic acid groups (broad SMARTS) is 1. The van der Waals surface area contributed by atoms with Gasteiger partial charge in [-0.3, -0.25) is 10.1 Å². The van der Waals surface area contributed by atoms with Gasteiger partial charge in [0.15, 0.2) is 0 Å². The average molecular weight is 222 g/mol. The van der Waals surface area contributed by atoms with Gasteiger partial charge in [-0.25, -0.2) is 4.39 Å². The largest absolute Gasteiger partial charge is 0.480 e. The van der Waals surface area contributed by atoms with Crippen LogP contribution in [0.2, 0.25) is 0 Å². The van der Waals surface area contributed by atoms with Crippen LogP contribution in [0.4, 0.5) is 4.39 Å². The zero-order valence-corrected chi connectivity index (χ0v) is 8.70. The third kappa shape index (κ3) is 3.04. The van der Waals surface area contributed by atoms with Crippen LogP contribution in [-0.4, -0.2) is 17.6 Å². The molecule has 0 saturated carbocycles. The van der Waals surface area contributed by atoms with Crippen molar-refractivity contribution in [3.05, 3.63) is 35.1 Å². The molecule has 1 aromatic rings. The minimum absolute atomic E-state index is 0.311. The van der Waals surface area contributed by atoms with Crippen LogP contribution in [0, 0.1) is 24.1 Å². The Kier molecular flexibility index (Phi) is 3.97. The number of halogens is 1. The van der Waals surface area contributed by atoms with Crippen LogP contribution in [0.15, 0.2) is 18.2 Å². The van der Waals surface area contributed by atoms with E-state index in [2.05, 4.69) is 5.32 Å². The molecule has 0 bridgehead atoms. The summed E-state index contributed by atoms with van der Waals surface area (Å²) in [6.07, 6.45) is 0. The number of benzene rings is 1. The van der Waals surface area contributed by atoms with E-state index in [9.17, 15) is 9.18 Å². The first-order valence-electron chi connectivity index (χ1n) is 4.65. The summed E-state index contributed by atoms with van der Waals surface area (Å²) in [7, 11) is 0. The van der Waals surface area contributed by atoms with Crippen molar-refractivity contribution in [1.82, 2.24) is 5.32 Å². The third-order valence-electron chi connectivity index (χ3n) is 2.10. The summed E-state index contributed by atoms with van der Waals surface area (Å²) in [6.45, 7) is 1.28. The molecule has 0 aliphatic carbocycles. The summed E-state index contributed by atoms with van der Waals surface area (Å²) in [5.41, 5.74) is 0.984. The summed E-state index contributed by atoms with van der Waals surface area (Å²) in [6, 6.07) is 5.43. The number of nitrogens with zero attached hydrogens (tertiary/aromatic N) is 1. The average Bonchev–Trinajstić information content (AvgIpc) is 2.23. The molecule has 1 rings (SSSR count). The fourth-order valence-electron chi connectivity index (χ4n) is 1.27. The van der Waals surface area contributed by atoms with Crippen LogP contribution in [0.25, 0.3) is 0 Å². The molecule has 0 fully saturated rings. The minimum Gasteiger partial charge on any atom is -0.480 e.